The van der Waals surface area contributed by atoms with Crippen molar-refractivity contribution in [3.63, 3.8) is 0 Å². The summed E-state index contributed by atoms with van der Waals surface area (Å²) in [5.74, 6) is 0. The first-order valence-electron chi connectivity index (χ1n) is 5.72. The van der Waals surface area contributed by atoms with Crippen molar-refractivity contribution < 1.29 is 4.92 Å². The number of allylic oxidation sites excluding steroid dienone is 2. The fourth-order valence-corrected chi connectivity index (χ4v) is 2.17. The van der Waals surface area contributed by atoms with E-state index >= 15 is 0 Å². The zero-order chi connectivity index (χ0) is 13.1. The molecule has 1 aromatic rings. The van der Waals surface area contributed by atoms with Crippen LogP contribution in [0.25, 0.3) is 5.57 Å². The fourth-order valence-electron chi connectivity index (χ4n) is 2.17. The van der Waals surface area contributed by atoms with Gasteiger partial charge in [-0.2, -0.15) is 5.26 Å². The van der Waals surface area contributed by atoms with Crippen LogP contribution in [0.2, 0.25) is 0 Å². The van der Waals surface area contributed by atoms with Crippen molar-refractivity contribution in [1.29, 1.82) is 5.26 Å². The summed E-state index contributed by atoms with van der Waals surface area (Å²) in [7, 11) is 1.96. The minimum Gasteiger partial charge on any atom is -0.377 e. The lowest BCUT2D eigenvalue weighted by atomic mass is 10.0. The highest BCUT2D eigenvalue weighted by molar-refractivity contribution is 5.79. The zero-order valence-electron chi connectivity index (χ0n) is 10.1. The maximum absolute atomic E-state index is 10.6. The molecule has 0 bridgehead atoms. The van der Waals surface area contributed by atoms with Gasteiger partial charge in [0.25, 0.3) is 5.69 Å². The molecule has 0 amide bonds. The summed E-state index contributed by atoms with van der Waals surface area (Å²) < 4.78 is 0. The molecule has 1 saturated heterocycles. The molecule has 0 saturated carbocycles. The Bertz CT molecular complexity index is 540. The predicted octanol–water partition coefficient (Wildman–Crippen LogP) is 2.56. The van der Waals surface area contributed by atoms with E-state index in [1.165, 1.54) is 12.1 Å². The smallest absolute Gasteiger partial charge is 0.269 e. The quantitative estimate of drug-likeness (QED) is 0.454. The summed E-state index contributed by atoms with van der Waals surface area (Å²) in [6.45, 7) is 0.952. The molecule has 0 atom stereocenters. The molecule has 5 nitrogen and oxygen atoms in total. The van der Waals surface area contributed by atoms with Crippen LogP contribution in [0.4, 0.5) is 5.69 Å². The van der Waals surface area contributed by atoms with Crippen LogP contribution in [0.3, 0.4) is 0 Å². The van der Waals surface area contributed by atoms with E-state index in [-0.39, 0.29) is 5.69 Å². The lowest BCUT2D eigenvalue weighted by Crippen LogP contribution is -2.11. The second-order valence-electron chi connectivity index (χ2n) is 4.26. The molecule has 1 heterocycles. The highest BCUT2D eigenvalue weighted by Crippen LogP contribution is 2.28. The Hall–Kier alpha value is -2.35. The van der Waals surface area contributed by atoms with E-state index in [1.54, 1.807) is 12.1 Å². The average Bonchev–Trinajstić information content (AvgIpc) is 2.78. The van der Waals surface area contributed by atoms with Gasteiger partial charge < -0.3 is 4.90 Å². The minimum atomic E-state index is -0.440. The topological polar surface area (TPSA) is 70.2 Å². The molecule has 0 aliphatic carbocycles. The third-order valence-electron chi connectivity index (χ3n) is 3.14. The number of non-ortho nitro benzene ring substituents is 1. The first kappa shape index (κ1) is 12.1. The van der Waals surface area contributed by atoms with Gasteiger partial charge in [-0.1, -0.05) is 0 Å². The number of hydrogen-bond acceptors (Lipinski definition) is 4. The van der Waals surface area contributed by atoms with Crippen LogP contribution < -0.4 is 0 Å². The molecular formula is C13H13N3O2. The molecule has 0 unspecified atom stereocenters. The van der Waals surface area contributed by atoms with Gasteiger partial charge in [-0.25, -0.2) is 0 Å². The van der Waals surface area contributed by atoms with Gasteiger partial charge in [0.1, 0.15) is 6.07 Å². The molecule has 1 fully saturated rings. The van der Waals surface area contributed by atoms with Gasteiger partial charge in [-0.05, 0) is 30.5 Å². The Balaban J connectivity index is 2.40. The van der Waals surface area contributed by atoms with Gasteiger partial charge in [0.05, 0.1) is 10.5 Å². The molecule has 5 heteroatoms. The molecular weight excluding hydrogens is 230 g/mol. The Morgan fingerprint density at radius 3 is 2.56 bits per heavy atom. The number of hydrogen-bond donors (Lipinski definition) is 0. The van der Waals surface area contributed by atoms with Crippen molar-refractivity contribution in [3.8, 4) is 6.07 Å². The van der Waals surface area contributed by atoms with E-state index in [0.29, 0.717) is 5.57 Å². The van der Waals surface area contributed by atoms with Gasteiger partial charge in [0.2, 0.25) is 0 Å². The van der Waals surface area contributed by atoms with Gasteiger partial charge in [0, 0.05) is 31.4 Å². The van der Waals surface area contributed by atoms with E-state index < -0.39 is 4.92 Å². The first-order chi connectivity index (χ1) is 8.63. The summed E-state index contributed by atoms with van der Waals surface area (Å²) in [6, 6.07) is 8.34. The van der Waals surface area contributed by atoms with Crippen LogP contribution in [0.15, 0.2) is 30.0 Å². The summed E-state index contributed by atoms with van der Waals surface area (Å²) in [5.41, 5.74) is 2.42. The molecule has 2 rings (SSSR count). The summed E-state index contributed by atoms with van der Waals surface area (Å²) in [4.78, 5) is 12.2. The molecule has 0 N–H and O–H groups in total. The van der Waals surface area contributed by atoms with Crippen LogP contribution in [0, 0.1) is 21.4 Å². The Morgan fingerprint density at radius 1 is 1.44 bits per heavy atom. The molecule has 92 valence electrons. The molecule has 1 aliphatic rings. The van der Waals surface area contributed by atoms with Gasteiger partial charge in [-0.3, -0.25) is 10.1 Å². The SMILES string of the molecule is CN1CCC/C1=C(/C#N)c1ccc([N+](=O)[O-])cc1. The van der Waals surface area contributed by atoms with Crippen LogP contribution in [-0.4, -0.2) is 23.4 Å². The predicted molar refractivity (Wildman–Crippen MR) is 67.5 cm³/mol. The number of rotatable bonds is 2. The van der Waals surface area contributed by atoms with Crippen molar-refractivity contribution in [2.24, 2.45) is 0 Å². The fraction of sp³-hybridized carbons (Fsp3) is 0.308. The highest BCUT2D eigenvalue weighted by Gasteiger charge is 2.19. The number of likely N-dealkylation sites (tertiary alicyclic amines) is 1. The van der Waals surface area contributed by atoms with E-state index in [0.717, 1.165) is 30.6 Å². The monoisotopic (exact) mass is 243 g/mol. The first-order valence-corrected chi connectivity index (χ1v) is 5.72. The average molecular weight is 243 g/mol. The maximum Gasteiger partial charge on any atom is 0.269 e. The minimum absolute atomic E-state index is 0.0424. The molecule has 0 radical (unpaired) electrons. The number of nitrogens with zero attached hydrogens (tertiary/aromatic N) is 3. The third-order valence-corrected chi connectivity index (χ3v) is 3.14. The second kappa shape index (κ2) is 4.88. The largest absolute Gasteiger partial charge is 0.377 e. The van der Waals surface area contributed by atoms with E-state index in [9.17, 15) is 15.4 Å². The van der Waals surface area contributed by atoms with E-state index in [1.807, 2.05) is 7.05 Å². The number of nitriles is 1. The van der Waals surface area contributed by atoms with Crippen molar-refractivity contribution in [3.05, 3.63) is 45.6 Å². The van der Waals surface area contributed by atoms with E-state index in [4.69, 9.17) is 0 Å². The summed E-state index contributed by atoms with van der Waals surface area (Å²) in [5, 5.41) is 19.8. The number of nitro groups is 1. The lowest BCUT2D eigenvalue weighted by molar-refractivity contribution is -0.384. The zero-order valence-corrected chi connectivity index (χ0v) is 10.1. The normalized spacial score (nSPS) is 17.4. The second-order valence-corrected chi connectivity index (χ2v) is 4.26. The standard InChI is InChI=1S/C13H13N3O2/c1-15-8-2-3-13(15)12(9-14)10-4-6-11(7-5-10)16(17)18/h4-7H,2-3,8H2,1H3/b13-12+. The molecule has 0 spiro atoms. The molecule has 18 heavy (non-hydrogen) atoms. The van der Waals surface area contributed by atoms with Gasteiger partial charge in [0.15, 0.2) is 0 Å². The Kier molecular flexibility index (Phi) is 3.28. The van der Waals surface area contributed by atoms with Crippen molar-refractivity contribution in [1.82, 2.24) is 4.90 Å². The molecule has 1 aliphatic heterocycles. The maximum atomic E-state index is 10.6. The molecule has 0 aromatic heterocycles. The summed E-state index contributed by atoms with van der Waals surface area (Å²) in [6.07, 6.45) is 1.93. The van der Waals surface area contributed by atoms with Crippen molar-refractivity contribution >= 4 is 11.3 Å². The van der Waals surface area contributed by atoms with Crippen LogP contribution in [0.5, 0.6) is 0 Å². The highest BCUT2D eigenvalue weighted by atomic mass is 16.6. The van der Waals surface area contributed by atoms with Crippen LogP contribution >= 0.6 is 0 Å². The lowest BCUT2D eigenvalue weighted by Gasteiger charge is -2.14. The number of benzene rings is 1. The third kappa shape index (κ3) is 2.18. The van der Waals surface area contributed by atoms with Crippen LogP contribution in [-0.2, 0) is 0 Å². The Labute approximate surface area is 105 Å². The summed E-state index contributed by atoms with van der Waals surface area (Å²) >= 11 is 0. The van der Waals surface area contributed by atoms with Gasteiger partial charge >= 0.3 is 0 Å². The van der Waals surface area contributed by atoms with E-state index in [2.05, 4.69) is 11.0 Å². The van der Waals surface area contributed by atoms with Gasteiger partial charge in [-0.15, -0.1) is 0 Å². The Morgan fingerprint density at radius 2 is 2.11 bits per heavy atom. The van der Waals surface area contributed by atoms with Crippen molar-refractivity contribution in [2.75, 3.05) is 13.6 Å². The number of nitro benzene ring substituents is 1. The van der Waals surface area contributed by atoms with Crippen molar-refractivity contribution in [2.45, 2.75) is 12.8 Å². The molecule has 1 aromatic carbocycles. The van der Waals surface area contributed by atoms with Crippen LogP contribution in [0.1, 0.15) is 18.4 Å².